The van der Waals surface area contributed by atoms with Gasteiger partial charge in [-0.3, -0.25) is 14.6 Å². The van der Waals surface area contributed by atoms with E-state index in [4.69, 9.17) is 9.47 Å². The lowest BCUT2D eigenvalue weighted by Gasteiger charge is -2.36. The normalized spacial score (nSPS) is 20.1. The summed E-state index contributed by atoms with van der Waals surface area (Å²) in [7, 11) is 0. The number of carbonyl (C=O) groups is 1. The number of rotatable bonds is 6. The molecule has 1 aromatic carbocycles. The van der Waals surface area contributed by atoms with Gasteiger partial charge in [0.2, 0.25) is 5.91 Å². The van der Waals surface area contributed by atoms with E-state index in [9.17, 15) is 4.79 Å². The lowest BCUT2D eigenvalue weighted by atomic mass is 10.3. The van der Waals surface area contributed by atoms with Gasteiger partial charge in [-0.2, -0.15) is 0 Å². The molecule has 0 atom stereocenters. The van der Waals surface area contributed by atoms with Gasteiger partial charge in [-0.1, -0.05) is 18.2 Å². The lowest BCUT2D eigenvalue weighted by Crippen LogP contribution is -2.52. The van der Waals surface area contributed by atoms with Gasteiger partial charge in [0.1, 0.15) is 12.4 Å². The van der Waals surface area contributed by atoms with Crippen LogP contribution >= 0.6 is 0 Å². The van der Waals surface area contributed by atoms with Crippen LogP contribution in [0, 0.1) is 0 Å². The summed E-state index contributed by atoms with van der Waals surface area (Å²) in [6.07, 6.45) is 0. The molecule has 2 fully saturated rings. The number of amides is 1. The number of ether oxygens (including phenoxy) is 2. The van der Waals surface area contributed by atoms with Gasteiger partial charge >= 0.3 is 0 Å². The lowest BCUT2D eigenvalue weighted by molar-refractivity contribution is -0.135. The number of para-hydroxylation sites is 1. The first-order valence-corrected chi connectivity index (χ1v) is 8.79. The van der Waals surface area contributed by atoms with Gasteiger partial charge < -0.3 is 14.4 Å². The quantitative estimate of drug-likeness (QED) is 0.760. The Morgan fingerprint density at radius 1 is 0.958 bits per heavy atom. The first-order valence-electron chi connectivity index (χ1n) is 8.79. The van der Waals surface area contributed by atoms with Crippen molar-refractivity contribution in [2.24, 2.45) is 0 Å². The Morgan fingerprint density at radius 3 is 2.38 bits per heavy atom. The van der Waals surface area contributed by atoms with Crippen molar-refractivity contribution in [3.05, 3.63) is 30.3 Å². The molecule has 1 amide bonds. The van der Waals surface area contributed by atoms with Crippen molar-refractivity contribution < 1.29 is 14.3 Å². The van der Waals surface area contributed by atoms with Crippen LogP contribution in [0.1, 0.15) is 0 Å². The summed E-state index contributed by atoms with van der Waals surface area (Å²) in [5.41, 5.74) is 0. The summed E-state index contributed by atoms with van der Waals surface area (Å²) < 4.78 is 11.1. The fourth-order valence-corrected chi connectivity index (χ4v) is 3.08. The third kappa shape index (κ3) is 5.19. The molecule has 0 saturated carbocycles. The van der Waals surface area contributed by atoms with E-state index < -0.39 is 0 Å². The summed E-state index contributed by atoms with van der Waals surface area (Å²) in [4.78, 5) is 18.9. The molecule has 0 bridgehead atoms. The second-order valence-corrected chi connectivity index (χ2v) is 6.27. The van der Waals surface area contributed by atoms with Crippen LogP contribution in [0.2, 0.25) is 0 Å². The highest BCUT2D eigenvalue weighted by molar-refractivity contribution is 5.78. The topological polar surface area (TPSA) is 45.2 Å². The van der Waals surface area contributed by atoms with E-state index in [-0.39, 0.29) is 5.91 Å². The van der Waals surface area contributed by atoms with E-state index in [0.717, 1.165) is 64.8 Å². The third-order valence-electron chi connectivity index (χ3n) is 4.61. The summed E-state index contributed by atoms with van der Waals surface area (Å²) in [5.74, 6) is 1.16. The Kier molecular flexibility index (Phi) is 6.46. The van der Waals surface area contributed by atoms with Crippen molar-refractivity contribution in [2.75, 3.05) is 72.2 Å². The molecule has 0 aliphatic carbocycles. The van der Waals surface area contributed by atoms with Crippen LogP contribution in [0.25, 0.3) is 0 Å². The highest BCUT2D eigenvalue weighted by Crippen LogP contribution is 2.09. The molecule has 2 aliphatic heterocycles. The average Bonchev–Trinajstić information content (AvgIpc) is 2.64. The second-order valence-electron chi connectivity index (χ2n) is 6.27. The first kappa shape index (κ1) is 17.2. The summed E-state index contributed by atoms with van der Waals surface area (Å²) in [6.45, 7) is 8.80. The molecule has 2 heterocycles. The predicted molar refractivity (Wildman–Crippen MR) is 92.2 cm³/mol. The molecule has 1 aromatic rings. The van der Waals surface area contributed by atoms with Gasteiger partial charge in [0.25, 0.3) is 0 Å². The number of nitrogens with zero attached hydrogens (tertiary/aromatic N) is 3. The zero-order valence-electron chi connectivity index (χ0n) is 14.2. The zero-order valence-corrected chi connectivity index (χ0v) is 14.2. The van der Waals surface area contributed by atoms with E-state index in [2.05, 4.69) is 9.80 Å². The summed E-state index contributed by atoms with van der Waals surface area (Å²) in [6, 6.07) is 9.90. The molecule has 2 saturated heterocycles. The maximum atomic E-state index is 12.4. The van der Waals surface area contributed by atoms with Crippen LogP contribution in [0.5, 0.6) is 5.75 Å². The van der Waals surface area contributed by atoms with Gasteiger partial charge in [0.15, 0.2) is 0 Å². The van der Waals surface area contributed by atoms with Gasteiger partial charge in [0, 0.05) is 45.8 Å². The Bertz CT molecular complexity index is 497. The molecular formula is C18H27N3O3. The monoisotopic (exact) mass is 333 g/mol. The summed E-state index contributed by atoms with van der Waals surface area (Å²) >= 11 is 0. The number of hydrogen-bond acceptors (Lipinski definition) is 5. The molecule has 0 spiro atoms. The van der Waals surface area contributed by atoms with Crippen molar-refractivity contribution in [1.29, 1.82) is 0 Å². The molecule has 6 nitrogen and oxygen atoms in total. The zero-order chi connectivity index (χ0) is 16.6. The minimum absolute atomic E-state index is 0.247. The van der Waals surface area contributed by atoms with Crippen LogP contribution in [-0.4, -0.2) is 92.8 Å². The molecular weight excluding hydrogens is 306 g/mol. The van der Waals surface area contributed by atoms with E-state index in [1.165, 1.54) is 0 Å². The average molecular weight is 333 g/mol. The van der Waals surface area contributed by atoms with Crippen LogP contribution < -0.4 is 4.74 Å². The molecule has 3 rings (SSSR count). The molecule has 0 radical (unpaired) electrons. The largest absolute Gasteiger partial charge is 0.492 e. The van der Waals surface area contributed by atoms with E-state index in [0.29, 0.717) is 13.2 Å². The van der Waals surface area contributed by atoms with Crippen LogP contribution in [-0.2, 0) is 9.53 Å². The Labute approximate surface area is 143 Å². The van der Waals surface area contributed by atoms with E-state index in [1.54, 1.807) is 0 Å². The van der Waals surface area contributed by atoms with Crippen molar-refractivity contribution in [3.63, 3.8) is 0 Å². The first-order chi connectivity index (χ1) is 11.8. The van der Waals surface area contributed by atoms with Crippen molar-refractivity contribution in [2.45, 2.75) is 0 Å². The number of piperazine rings is 1. The SMILES string of the molecule is O=C(CN1CCOCC1)N1CCN(CCOc2ccccc2)CC1. The Hall–Kier alpha value is -1.63. The maximum Gasteiger partial charge on any atom is 0.236 e. The third-order valence-corrected chi connectivity index (χ3v) is 4.61. The molecule has 0 unspecified atom stereocenters. The fourth-order valence-electron chi connectivity index (χ4n) is 3.08. The molecule has 132 valence electrons. The Morgan fingerprint density at radius 2 is 1.67 bits per heavy atom. The van der Waals surface area contributed by atoms with E-state index >= 15 is 0 Å². The van der Waals surface area contributed by atoms with Gasteiger partial charge in [0.05, 0.1) is 19.8 Å². The highest BCUT2D eigenvalue weighted by Gasteiger charge is 2.23. The van der Waals surface area contributed by atoms with Gasteiger partial charge in [-0.15, -0.1) is 0 Å². The smallest absolute Gasteiger partial charge is 0.236 e. The maximum absolute atomic E-state index is 12.4. The molecule has 6 heteroatoms. The predicted octanol–water partition coefficient (Wildman–Crippen LogP) is 0.542. The number of benzene rings is 1. The number of carbonyl (C=O) groups excluding carboxylic acids is 1. The van der Waals surface area contributed by atoms with Crippen molar-refractivity contribution in [1.82, 2.24) is 14.7 Å². The van der Waals surface area contributed by atoms with Crippen LogP contribution in [0.3, 0.4) is 0 Å². The van der Waals surface area contributed by atoms with Crippen LogP contribution in [0.15, 0.2) is 30.3 Å². The highest BCUT2D eigenvalue weighted by atomic mass is 16.5. The summed E-state index contributed by atoms with van der Waals surface area (Å²) in [5, 5.41) is 0. The van der Waals surface area contributed by atoms with Gasteiger partial charge in [-0.25, -0.2) is 0 Å². The molecule has 0 N–H and O–H groups in total. The molecule has 0 aromatic heterocycles. The molecule has 2 aliphatic rings. The minimum Gasteiger partial charge on any atom is -0.492 e. The molecule has 24 heavy (non-hydrogen) atoms. The second kappa shape index (κ2) is 9.01. The standard InChI is InChI=1S/C18H27N3O3/c22-18(16-20-10-13-23-14-11-20)21-8-6-19(7-9-21)12-15-24-17-4-2-1-3-5-17/h1-5H,6-16H2. The Balaban J connectivity index is 1.32. The van der Waals surface area contributed by atoms with Crippen molar-refractivity contribution in [3.8, 4) is 5.75 Å². The fraction of sp³-hybridized carbons (Fsp3) is 0.611. The van der Waals surface area contributed by atoms with Crippen LogP contribution in [0.4, 0.5) is 0 Å². The van der Waals surface area contributed by atoms with E-state index in [1.807, 2.05) is 35.2 Å². The van der Waals surface area contributed by atoms with Crippen molar-refractivity contribution >= 4 is 5.91 Å². The number of morpholine rings is 1. The van der Waals surface area contributed by atoms with Gasteiger partial charge in [-0.05, 0) is 12.1 Å². The number of hydrogen-bond donors (Lipinski definition) is 0. The minimum atomic E-state index is 0.247.